The summed E-state index contributed by atoms with van der Waals surface area (Å²) >= 11 is 1.81. The van der Waals surface area contributed by atoms with Crippen LogP contribution in [0.1, 0.15) is 43.0 Å². The largest absolute Gasteiger partial charge is 0.347 e. The molecule has 1 unspecified atom stereocenters. The van der Waals surface area contributed by atoms with E-state index in [1.54, 1.807) is 0 Å². The minimum atomic E-state index is 0.597. The van der Waals surface area contributed by atoms with Gasteiger partial charge in [-0.15, -0.1) is 10.2 Å². The molecule has 2 aliphatic heterocycles. The van der Waals surface area contributed by atoms with Gasteiger partial charge in [-0.1, -0.05) is 11.3 Å². The molecule has 3 heterocycles. The van der Waals surface area contributed by atoms with E-state index in [1.807, 2.05) is 11.3 Å². The Labute approximate surface area is 106 Å². The van der Waals surface area contributed by atoms with Gasteiger partial charge in [0.25, 0.3) is 0 Å². The smallest absolute Gasteiger partial charge is 0.208 e. The van der Waals surface area contributed by atoms with Crippen molar-refractivity contribution < 1.29 is 0 Å². The van der Waals surface area contributed by atoms with Crippen LogP contribution in [0.25, 0.3) is 0 Å². The lowest BCUT2D eigenvalue weighted by molar-refractivity contribution is 0.458. The van der Waals surface area contributed by atoms with E-state index in [-0.39, 0.29) is 0 Å². The van der Waals surface area contributed by atoms with Crippen molar-refractivity contribution >= 4 is 16.5 Å². The van der Waals surface area contributed by atoms with Gasteiger partial charge in [0.15, 0.2) is 0 Å². The van der Waals surface area contributed by atoms with Gasteiger partial charge in [0, 0.05) is 25.6 Å². The third-order valence-electron chi connectivity index (χ3n) is 3.70. The normalized spacial score (nSPS) is 26.1. The lowest BCUT2D eigenvalue weighted by Crippen LogP contribution is -2.29. The third kappa shape index (κ3) is 2.60. The molecule has 1 N–H and O–H groups in total. The molecule has 1 atom stereocenters. The number of rotatable bonds is 2. The molecule has 4 nitrogen and oxygen atoms in total. The van der Waals surface area contributed by atoms with Crippen LogP contribution < -0.4 is 10.2 Å². The first kappa shape index (κ1) is 11.4. The van der Waals surface area contributed by atoms with Gasteiger partial charge in [0.2, 0.25) is 5.13 Å². The van der Waals surface area contributed by atoms with Crippen LogP contribution in [0, 0.1) is 0 Å². The van der Waals surface area contributed by atoms with E-state index in [4.69, 9.17) is 0 Å². The van der Waals surface area contributed by atoms with E-state index in [9.17, 15) is 0 Å². The average molecular weight is 252 g/mol. The van der Waals surface area contributed by atoms with Gasteiger partial charge in [0.1, 0.15) is 5.01 Å². The molecule has 2 saturated heterocycles. The summed E-state index contributed by atoms with van der Waals surface area (Å²) in [6, 6.07) is 0. The Morgan fingerprint density at radius 1 is 1.12 bits per heavy atom. The predicted octanol–water partition coefficient (Wildman–Crippen LogP) is 2.00. The maximum atomic E-state index is 4.40. The molecule has 94 valence electrons. The second kappa shape index (κ2) is 5.31. The Morgan fingerprint density at radius 2 is 2.00 bits per heavy atom. The molecule has 0 aromatic carbocycles. The molecule has 3 rings (SSSR count). The minimum absolute atomic E-state index is 0.597. The number of nitrogens with one attached hydrogen (secondary N) is 1. The number of aromatic nitrogens is 2. The fourth-order valence-electron chi connectivity index (χ4n) is 2.67. The molecule has 2 aliphatic rings. The monoisotopic (exact) mass is 252 g/mol. The SMILES string of the molecule is C1CCN(c2nnc(C3CCCNC3)s2)CC1. The first-order chi connectivity index (χ1) is 8.43. The highest BCUT2D eigenvalue weighted by atomic mass is 32.1. The summed E-state index contributed by atoms with van der Waals surface area (Å²) in [5.41, 5.74) is 0. The van der Waals surface area contributed by atoms with Crippen molar-refractivity contribution in [1.29, 1.82) is 0 Å². The topological polar surface area (TPSA) is 41.1 Å². The minimum Gasteiger partial charge on any atom is -0.347 e. The Hall–Kier alpha value is -0.680. The molecular weight excluding hydrogens is 232 g/mol. The van der Waals surface area contributed by atoms with Crippen LogP contribution in [0.4, 0.5) is 5.13 Å². The van der Waals surface area contributed by atoms with E-state index in [1.165, 1.54) is 37.1 Å². The van der Waals surface area contributed by atoms with Gasteiger partial charge in [0.05, 0.1) is 0 Å². The van der Waals surface area contributed by atoms with Crippen LogP contribution in [0.3, 0.4) is 0 Å². The molecule has 0 amide bonds. The fraction of sp³-hybridized carbons (Fsp3) is 0.833. The third-order valence-corrected chi connectivity index (χ3v) is 4.85. The van der Waals surface area contributed by atoms with Gasteiger partial charge in [-0.3, -0.25) is 0 Å². The van der Waals surface area contributed by atoms with Crippen LogP contribution in [0.2, 0.25) is 0 Å². The quantitative estimate of drug-likeness (QED) is 0.874. The Kier molecular flexibility index (Phi) is 3.57. The second-order valence-electron chi connectivity index (χ2n) is 5.01. The van der Waals surface area contributed by atoms with Crippen molar-refractivity contribution in [3.8, 4) is 0 Å². The molecule has 2 fully saturated rings. The number of hydrogen-bond donors (Lipinski definition) is 1. The number of piperidine rings is 2. The highest BCUT2D eigenvalue weighted by Crippen LogP contribution is 2.30. The van der Waals surface area contributed by atoms with Crippen molar-refractivity contribution in [2.24, 2.45) is 0 Å². The highest BCUT2D eigenvalue weighted by molar-refractivity contribution is 7.15. The van der Waals surface area contributed by atoms with Crippen molar-refractivity contribution in [2.45, 2.75) is 38.0 Å². The Bertz CT molecular complexity index is 321. The summed E-state index contributed by atoms with van der Waals surface area (Å²) in [6.45, 7) is 4.57. The van der Waals surface area contributed by atoms with E-state index in [0.717, 1.165) is 31.3 Å². The van der Waals surface area contributed by atoms with Crippen LogP contribution in [-0.2, 0) is 0 Å². The van der Waals surface area contributed by atoms with Crippen LogP contribution in [0.5, 0.6) is 0 Å². The van der Waals surface area contributed by atoms with Crippen molar-refractivity contribution in [2.75, 3.05) is 31.1 Å². The second-order valence-corrected chi connectivity index (χ2v) is 6.00. The summed E-state index contributed by atoms with van der Waals surface area (Å²) in [6.07, 6.45) is 6.51. The molecule has 0 bridgehead atoms. The van der Waals surface area contributed by atoms with Crippen LogP contribution in [0.15, 0.2) is 0 Å². The zero-order valence-electron chi connectivity index (χ0n) is 10.2. The maximum Gasteiger partial charge on any atom is 0.208 e. The van der Waals surface area contributed by atoms with Crippen LogP contribution >= 0.6 is 11.3 Å². The first-order valence-electron chi connectivity index (χ1n) is 6.72. The highest BCUT2D eigenvalue weighted by Gasteiger charge is 2.21. The van der Waals surface area contributed by atoms with E-state index in [0.29, 0.717) is 5.92 Å². The predicted molar refractivity (Wildman–Crippen MR) is 70.8 cm³/mol. The van der Waals surface area contributed by atoms with Gasteiger partial charge in [-0.25, -0.2) is 0 Å². The molecule has 1 aromatic heterocycles. The summed E-state index contributed by atoms with van der Waals surface area (Å²) < 4.78 is 0. The van der Waals surface area contributed by atoms with Gasteiger partial charge < -0.3 is 10.2 Å². The Morgan fingerprint density at radius 3 is 2.76 bits per heavy atom. The molecule has 0 saturated carbocycles. The standard InChI is InChI=1S/C12H20N4S/c1-2-7-16(8-3-1)12-15-14-11(17-12)10-5-4-6-13-9-10/h10,13H,1-9H2. The molecule has 5 heteroatoms. The van der Waals surface area contributed by atoms with Crippen molar-refractivity contribution in [3.05, 3.63) is 5.01 Å². The number of hydrogen-bond acceptors (Lipinski definition) is 5. The van der Waals surface area contributed by atoms with Crippen molar-refractivity contribution in [1.82, 2.24) is 15.5 Å². The maximum absolute atomic E-state index is 4.40. The molecule has 0 spiro atoms. The summed E-state index contributed by atoms with van der Waals surface area (Å²) in [5, 5.41) is 14.6. The van der Waals surface area contributed by atoms with Gasteiger partial charge in [-0.2, -0.15) is 0 Å². The molecular formula is C12H20N4S. The molecule has 1 aromatic rings. The number of anilines is 1. The zero-order chi connectivity index (χ0) is 11.5. The van der Waals surface area contributed by atoms with E-state index in [2.05, 4.69) is 20.4 Å². The molecule has 0 aliphatic carbocycles. The van der Waals surface area contributed by atoms with E-state index >= 15 is 0 Å². The van der Waals surface area contributed by atoms with Gasteiger partial charge >= 0.3 is 0 Å². The molecule has 0 radical (unpaired) electrons. The lowest BCUT2D eigenvalue weighted by Gasteiger charge is -2.25. The van der Waals surface area contributed by atoms with E-state index < -0.39 is 0 Å². The van der Waals surface area contributed by atoms with Crippen molar-refractivity contribution in [3.63, 3.8) is 0 Å². The van der Waals surface area contributed by atoms with Gasteiger partial charge in [-0.05, 0) is 38.6 Å². The fourth-order valence-corrected chi connectivity index (χ4v) is 3.70. The summed E-state index contributed by atoms with van der Waals surface area (Å²) in [7, 11) is 0. The Balaban J connectivity index is 1.68. The first-order valence-corrected chi connectivity index (χ1v) is 7.54. The zero-order valence-corrected chi connectivity index (χ0v) is 11.0. The lowest BCUT2D eigenvalue weighted by atomic mass is 10.0. The average Bonchev–Trinajstić information content (AvgIpc) is 2.90. The summed E-state index contributed by atoms with van der Waals surface area (Å²) in [4.78, 5) is 2.40. The van der Waals surface area contributed by atoms with Crippen LogP contribution in [-0.4, -0.2) is 36.4 Å². The number of nitrogens with zero attached hydrogens (tertiary/aromatic N) is 3. The summed E-state index contributed by atoms with van der Waals surface area (Å²) in [5.74, 6) is 0.597. The molecule has 17 heavy (non-hydrogen) atoms.